The first-order valence-corrected chi connectivity index (χ1v) is 5.70. The summed E-state index contributed by atoms with van der Waals surface area (Å²) in [5.74, 6) is -0.594. The van der Waals surface area contributed by atoms with E-state index in [0.29, 0.717) is 10.9 Å². The van der Waals surface area contributed by atoms with E-state index in [4.69, 9.17) is 5.73 Å². The van der Waals surface area contributed by atoms with Gasteiger partial charge in [-0.15, -0.1) is 5.10 Å². The third kappa shape index (κ3) is 1.85. The highest BCUT2D eigenvalue weighted by atomic mass is 19.1. The summed E-state index contributed by atoms with van der Waals surface area (Å²) in [5, 5.41) is 4.72. The van der Waals surface area contributed by atoms with E-state index in [1.807, 2.05) is 6.07 Å². The van der Waals surface area contributed by atoms with Crippen molar-refractivity contribution in [1.29, 1.82) is 0 Å². The first kappa shape index (κ1) is 11.4. The third-order valence-electron chi connectivity index (χ3n) is 2.88. The Labute approximate surface area is 108 Å². The second kappa shape index (κ2) is 4.20. The van der Waals surface area contributed by atoms with Crippen LogP contribution in [0.25, 0.3) is 10.9 Å². The van der Waals surface area contributed by atoms with Crippen LogP contribution < -0.4 is 5.73 Å². The Hall–Kier alpha value is -2.69. The molecule has 3 aromatic rings. The molecular weight excluding hydrogens is 245 g/mol. The number of rotatable bonds is 1. The predicted molar refractivity (Wildman–Crippen MR) is 70.3 cm³/mol. The van der Waals surface area contributed by atoms with Crippen LogP contribution >= 0.6 is 0 Å². The summed E-state index contributed by atoms with van der Waals surface area (Å²) in [5.41, 5.74) is 6.60. The number of nitrogens with zero attached hydrogens (tertiary/aromatic N) is 2. The van der Waals surface area contributed by atoms with E-state index in [-0.39, 0.29) is 11.4 Å². The number of hydrogen-bond donors (Lipinski definition) is 1. The number of carbonyl (C=O) groups is 1. The lowest BCUT2D eigenvalue weighted by atomic mass is 10.2. The van der Waals surface area contributed by atoms with E-state index in [1.165, 1.54) is 28.9 Å². The summed E-state index contributed by atoms with van der Waals surface area (Å²) < 4.78 is 14.3. The van der Waals surface area contributed by atoms with Gasteiger partial charge < -0.3 is 5.73 Å². The number of nitrogen functional groups attached to an aromatic ring is 1. The van der Waals surface area contributed by atoms with Gasteiger partial charge in [-0.3, -0.25) is 4.79 Å². The van der Waals surface area contributed by atoms with Crippen LogP contribution in [-0.2, 0) is 0 Å². The van der Waals surface area contributed by atoms with Crippen molar-refractivity contribution in [1.82, 2.24) is 9.78 Å². The van der Waals surface area contributed by atoms with Crippen LogP contribution in [0, 0.1) is 5.82 Å². The zero-order valence-electron chi connectivity index (χ0n) is 9.88. The molecule has 0 fully saturated rings. The zero-order valence-corrected chi connectivity index (χ0v) is 9.88. The standard InChI is InChI=1S/C14H10FN3O/c15-10-5-3-4-9(8-10)14(19)18-12-7-2-1-6-11(12)13(16)17-18/h1-8H,(H2,16,17). The molecule has 0 spiro atoms. The van der Waals surface area contributed by atoms with Crippen LogP contribution in [-0.4, -0.2) is 15.7 Å². The van der Waals surface area contributed by atoms with E-state index < -0.39 is 11.7 Å². The summed E-state index contributed by atoms with van der Waals surface area (Å²) in [6, 6.07) is 12.6. The quantitative estimate of drug-likeness (QED) is 0.726. The molecule has 0 aliphatic heterocycles. The number of benzene rings is 2. The maximum absolute atomic E-state index is 13.2. The molecule has 0 aliphatic rings. The van der Waals surface area contributed by atoms with Gasteiger partial charge >= 0.3 is 0 Å². The van der Waals surface area contributed by atoms with E-state index in [9.17, 15) is 9.18 Å². The van der Waals surface area contributed by atoms with Gasteiger partial charge in [0.05, 0.1) is 5.52 Å². The van der Waals surface area contributed by atoms with Crippen molar-refractivity contribution in [2.75, 3.05) is 5.73 Å². The van der Waals surface area contributed by atoms with Crippen molar-refractivity contribution in [2.24, 2.45) is 0 Å². The number of hydrogen-bond acceptors (Lipinski definition) is 3. The van der Waals surface area contributed by atoms with Crippen molar-refractivity contribution in [3.63, 3.8) is 0 Å². The Morgan fingerprint density at radius 3 is 2.74 bits per heavy atom. The Balaban J connectivity index is 2.17. The molecule has 19 heavy (non-hydrogen) atoms. The van der Waals surface area contributed by atoms with E-state index in [2.05, 4.69) is 5.10 Å². The fourth-order valence-electron chi connectivity index (χ4n) is 1.99. The highest BCUT2D eigenvalue weighted by Crippen LogP contribution is 2.21. The first-order valence-electron chi connectivity index (χ1n) is 5.70. The SMILES string of the molecule is Nc1nn(C(=O)c2cccc(F)c2)c2ccccc12. The normalized spacial score (nSPS) is 10.8. The summed E-state index contributed by atoms with van der Waals surface area (Å²) in [6.07, 6.45) is 0. The highest BCUT2D eigenvalue weighted by molar-refractivity contribution is 6.03. The second-order valence-corrected chi connectivity index (χ2v) is 4.13. The lowest BCUT2D eigenvalue weighted by Gasteiger charge is -2.02. The first-order chi connectivity index (χ1) is 9.16. The van der Waals surface area contributed by atoms with Gasteiger partial charge in [-0.05, 0) is 30.3 Å². The van der Waals surface area contributed by atoms with Gasteiger partial charge in [0.25, 0.3) is 5.91 Å². The monoisotopic (exact) mass is 255 g/mol. The average Bonchev–Trinajstić information content (AvgIpc) is 2.76. The maximum atomic E-state index is 13.2. The van der Waals surface area contributed by atoms with Gasteiger partial charge in [0.2, 0.25) is 0 Å². The van der Waals surface area contributed by atoms with Crippen LogP contribution in [0.1, 0.15) is 10.4 Å². The van der Waals surface area contributed by atoms with Gasteiger partial charge in [0, 0.05) is 10.9 Å². The fraction of sp³-hybridized carbons (Fsp3) is 0. The molecule has 94 valence electrons. The van der Waals surface area contributed by atoms with Gasteiger partial charge in [-0.1, -0.05) is 18.2 Å². The molecule has 0 saturated heterocycles. The molecule has 0 atom stereocenters. The van der Waals surface area contributed by atoms with Crippen molar-refractivity contribution in [3.05, 3.63) is 59.9 Å². The minimum Gasteiger partial charge on any atom is -0.382 e. The lowest BCUT2D eigenvalue weighted by Crippen LogP contribution is -2.13. The molecule has 0 amide bonds. The molecule has 0 unspecified atom stereocenters. The molecule has 0 radical (unpaired) electrons. The number of fused-ring (bicyclic) bond motifs is 1. The van der Waals surface area contributed by atoms with Gasteiger partial charge in [0.1, 0.15) is 5.82 Å². The van der Waals surface area contributed by atoms with Crippen molar-refractivity contribution in [2.45, 2.75) is 0 Å². The molecule has 0 bridgehead atoms. The largest absolute Gasteiger partial charge is 0.382 e. The molecule has 3 rings (SSSR count). The van der Waals surface area contributed by atoms with Gasteiger partial charge in [-0.25, -0.2) is 4.39 Å². The molecule has 1 heterocycles. The zero-order chi connectivity index (χ0) is 13.4. The van der Waals surface area contributed by atoms with Gasteiger partial charge in [0.15, 0.2) is 5.82 Å². The van der Waals surface area contributed by atoms with Crippen molar-refractivity contribution >= 4 is 22.6 Å². The van der Waals surface area contributed by atoms with Crippen LogP contribution in [0.2, 0.25) is 0 Å². The fourth-order valence-corrected chi connectivity index (χ4v) is 1.99. The smallest absolute Gasteiger partial charge is 0.278 e. The second-order valence-electron chi connectivity index (χ2n) is 4.13. The van der Waals surface area contributed by atoms with E-state index in [0.717, 1.165) is 0 Å². The Morgan fingerprint density at radius 1 is 1.16 bits per heavy atom. The number of para-hydroxylation sites is 1. The van der Waals surface area contributed by atoms with E-state index >= 15 is 0 Å². The van der Waals surface area contributed by atoms with Crippen LogP contribution in [0.5, 0.6) is 0 Å². The number of aromatic nitrogens is 2. The van der Waals surface area contributed by atoms with Crippen LogP contribution in [0.3, 0.4) is 0 Å². The van der Waals surface area contributed by atoms with E-state index in [1.54, 1.807) is 18.2 Å². The minimum absolute atomic E-state index is 0.230. The lowest BCUT2D eigenvalue weighted by molar-refractivity contribution is 0.0950. The van der Waals surface area contributed by atoms with Gasteiger partial charge in [-0.2, -0.15) is 4.68 Å². The topological polar surface area (TPSA) is 60.9 Å². The number of carbonyl (C=O) groups excluding carboxylic acids is 1. The van der Waals surface area contributed by atoms with Crippen LogP contribution in [0.15, 0.2) is 48.5 Å². The molecule has 2 N–H and O–H groups in total. The Morgan fingerprint density at radius 2 is 1.95 bits per heavy atom. The average molecular weight is 255 g/mol. The Bertz CT molecular complexity index is 779. The summed E-state index contributed by atoms with van der Waals surface area (Å²) in [6.45, 7) is 0. The maximum Gasteiger partial charge on any atom is 0.278 e. The number of halogens is 1. The van der Waals surface area contributed by atoms with Crippen molar-refractivity contribution in [3.8, 4) is 0 Å². The van der Waals surface area contributed by atoms with Crippen LogP contribution in [0.4, 0.5) is 10.2 Å². The summed E-state index contributed by atoms with van der Waals surface area (Å²) in [4.78, 5) is 12.3. The molecular formula is C14H10FN3O. The van der Waals surface area contributed by atoms with Crippen molar-refractivity contribution < 1.29 is 9.18 Å². The third-order valence-corrected chi connectivity index (χ3v) is 2.88. The molecule has 0 saturated carbocycles. The molecule has 5 heteroatoms. The summed E-state index contributed by atoms with van der Waals surface area (Å²) in [7, 11) is 0. The summed E-state index contributed by atoms with van der Waals surface area (Å²) >= 11 is 0. The number of nitrogens with two attached hydrogens (primary N) is 1. The Kier molecular flexibility index (Phi) is 2.52. The molecule has 2 aromatic carbocycles. The molecule has 0 aliphatic carbocycles. The predicted octanol–water partition coefficient (Wildman–Crippen LogP) is 2.45. The minimum atomic E-state index is -0.463. The molecule has 4 nitrogen and oxygen atoms in total. The molecule has 1 aromatic heterocycles. The number of anilines is 1. The highest BCUT2D eigenvalue weighted by Gasteiger charge is 2.15.